The van der Waals surface area contributed by atoms with Gasteiger partial charge in [0, 0.05) is 30.9 Å². The topological polar surface area (TPSA) is 136 Å². The van der Waals surface area contributed by atoms with Crippen LogP contribution < -0.4 is 4.90 Å². The number of hydrogen-bond donors (Lipinski definition) is 0. The maximum absolute atomic E-state index is 12.7. The highest BCUT2D eigenvalue weighted by Crippen LogP contribution is 2.25. The van der Waals surface area contributed by atoms with E-state index in [2.05, 4.69) is 0 Å². The summed E-state index contributed by atoms with van der Waals surface area (Å²) in [6, 6.07) is 12.4. The van der Waals surface area contributed by atoms with Crippen molar-refractivity contribution >= 4 is 38.7 Å². The van der Waals surface area contributed by atoms with E-state index in [9.17, 15) is 28.1 Å². The van der Waals surface area contributed by atoms with Gasteiger partial charge in [0.05, 0.1) is 12.0 Å². The zero-order valence-corrected chi connectivity index (χ0v) is 17.7. The Morgan fingerprint density at radius 3 is 2.31 bits per heavy atom. The number of nitro benzene ring substituents is 1. The molecule has 1 fully saturated rings. The molecule has 2 aromatic rings. The first-order valence-corrected chi connectivity index (χ1v) is 10.4. The number of esters is 1. The molecule has 1 aliphatic rings. The molecule has 11 nitrogen and oxygen atoms in total. The van der Waals surface area contributed by atoms with Gasteiger partial charge in [0.2, 0.25) is 10.3 Å². The summed E-state index contributed by atoms with van der Waals surface area (Å²) in [5.41, 5.74) is 0.851. The van der Waals surface area contributed by atoms with Gasteiger partial charge in [-0.25, -0.2) is 9.59 Å². The zero-order valence-electron chi connectivity index (χ0n) is 16.9. The lowest BCUT2D eigenvalue weighted by Crippen LogP contribution is -2.62. The SMILES string of the molecule is COC(=O)C1C(=S(=O)=O)N(c2ccc([N+](=O)[O-])cc2)CCN1C(=O)OCc1ccccc1. The average molecular weight is 461 g/mol. The summed E-state index contributed by atoms with van der Waals surface area (Å²) in [5.74, 6) is -0.965. The number of non-ortho nitro benzene ring substituents is 1. The van der Waals surface area contributed by atoms with Gasteiger partial charge in [-0.15, -0.1) is 0 Å². The Morgan fingerprint density at radius 2 is 1.75 bits per heavy atom. The lowest BCUT2D eigenvalue weighted by Gasteiger charge is -2.39. The number of carbonyl (C=O) groups is 2. The molecule has 0 bridgehead atoms. The van der Waals surface area contributed by atoms with Crippen molar-refractivity contribution in [3.8, 4) is 0 Å². The number of benzene rings is 2. The van der Waals surface area contributed by atoms with E-state index < -0.39 is 38.3 Å². The fourth-order valence-electron chi connectivity index (χ4n) is 3.26. The van der Waals surface area contributed by atoms with E-state index in [1.54, 1.807) is 30.3 Å². The highest BCUT2D eigenvalue weighted by Gasteiger charge is 2.43. The lowest BCUT2D eigenvalue weighted by molar-refractivity contribution is -0.384. The maximum atomic E-state index is 12.7. The highest BCUT2D eigenvalue weighted by molar-refractivity contribution is 7.73. The number of methoxy groups -OCH3 is 1. The Hall–Kier alpha value is -3.93. The molecule has 1 heterocycles. The van der Waals surface area contributed by atoms with Crippen LogP contribution in [-0.2, 0) is 31.2 Å². The number of rotatable bonds is 5. The zero-order chi connectivity index (χ0) is 23.3. The quantitative estimate of drug-likeness (QED) is 0.281. The minimum absolute atomic E-state index is 0.00898. The number of amides is 1. The summed E-state index contributed by atoms with van der Waals surface area (Å²) >= 11 is 0. The Labute approximate surface area is 184 Å². The third-order valence-electron chi connectivity index (χ3n) is 4.78. The van der Waals surface area contributed by atoms with Crippen LogP contribution in [0.1, 0.15) is 5.56 Å². The van der Waals surface area contributed by atoms with E-state index in [4.69, 9.17) is 9.47 Å². The number of ether oxygens (including phenoxy) is 2. The molecule has 1 aliphatic heterocycles. The number of anilines is 1. The van der Waals surface area contributed by atoms with Crippen LogP contribution >= 0.6 is 0 Å². The average Bonchev–Trinajstić information content (AvgIpc) is 2.81. The van der Waals surface area contributed by atoms with Crippen LogP contribution in [-0.4, -0.2) is 61.5 Å². The third kappa shape index (κ3) is 4.86. The fourth-order valence-corrected chi connectivity index (χ4v) is 4.04. The minimum Gasteiger partial charge on any atom is -0.467 e. The molecule has 12 heteroatoms. The summed E-state index contributed by atoms with van der Waals surface area (Å²) < 4.78 is 34.3. The van der Waals surface area contributed by atoms with Crippen molar-refractivity contribution in [1.29, 1.82) is 0 Å². The van der Waals surface area contributed by atoms with Crippen LogP contribution in [0.4, 0.5) is 16.2 Å². The van der Waals surface area contributed by atoms with Gasteiger partial charge >= 0.3 is 12.1 Å². The van der Waals surface area contributed by atoms with Gasteiger partial charge < -0.3 is 14.4 Å². The van der Waals surface area contributed by atoms with Gasteiger partial charge in [0.1, 0.15) is 6.61 Å². The smallest absolute Gasteiger partial charge is 0.411 e. The van der Waals surface area contributed by atoms with Crippen molar-refractivity contribution in [3.63, 3.8) is 0 Å². The molecule has 1 amide bonds. The second kappa shape index (κ2) is 9.92. The van der Waals surface area contributed by atoms with Crippen LogP contribution in [0.5, 0.6) is 0 Å². The predicted octanol–water partition coefficient (Wildman–Crippen LogP) is 1.60. The first-order chi connectivity index (χ1) is 15.3. The molecule has 0 aromatic heterocycles. The summed E-state index contributed by atoms with van der Waals surface area (Å²) in [4.78, 5) is 37.4. The van der Waals surface area contributed by atoms with Gasteiger partial charge in [0.25, 0.3) is 5.69 Å². The van der Waals surface area contributed by atoms with Crippen molar-refractivity contribution in [2.45, 2.75) is 12.6 Å². The molecular weight excluding hydrogens is 442 g/mol. The van der Waals surface area contributed by atoms with Crippen molar-refractivity contribution in [2.24, 2.45) is 0 Å². The molecule has 1 saturated heterocycles. The maximum Gasteiger partial charge on any atom is 0.411 e. The fraction of sp³-hybridized carbons (Fsp3) is 0.250. The van der Waals surface area contributed by atoms with Crippen LogP contribution in [0, 0.1) is 10.1 Å². The van der Waals surface area contributed by atoms with E-state index in [-0.39, 0.29) is 25.4 Å². The van der Waals surface area contributed by atoms with E-state index in [1.165, 1.54) is 29.2 Å². The van der Waals surface area contributed by atoms with Crippen LogP contribution in [0.3, 0.4) is 0 Å². The minimum atomic E-state index is -2.92. The molecule has 0 spiro atoms. The van der Waals surface area contributed by atoms with Crippen molar-refractivity contribution in [2.75, 3.05) is 25.1 Å². The monoisotopic (exact) mass is 461 g/mol. The van der Waals surface area contributed by atoms with Crippen LogP contribution in [0.15, 0.2) is 54.6 Å². The van der Waals surface area contributed by atoms with E-state index >= 15 is 0 Å². The molecule has 1 unspecified atom stereocenters. The van der Waals surface area contributed by atoms with Crippen molar-refractivity contribution in [1.82, 2.24) is 4.90 Å². The molecule has 168 valence electrons. The predicted molar refractivity (Wildman–Crippen MR) is 114 cm³/mol. The Morgan fingerprint density at radius 1 is 1.09 bits per heavy atom. The summed E-state index contributed by atoms with van der Waals surface area (Å²) in [6.45, 7) is -0.105. The van der Waals surface area contributed by atoms with Crippen LogP contribution in [0.2, 0.25) is 0 Å². The number of piperazine rings is 1. The molecular formula is C20H19N3O8S. The molecule has 0 N–H and O–H groups in total. The third-order valence-corrected chi connectivity index (χ3v) is 5.57. The first-order valence-electron chi connectivity index (χ1n) is 9.36. The second-order valence-corrected chi connectivity index (χ2v) is 7.55. The van der Waals surface area contributed by atoms with E-state index in [1.807, 2.05) is 0 Å². The summed E-state index contributed by atoms with van der Waals surface area (Å²) in [7, 11) is -1.84. The first kappa shape index (κ1) is 22.7. The Kier molecular flexibility index (Phi) is 7.05. The van der Waals surface area contributed by atoms with Crippen LogP contribution in [0.25, 0.3) is 0 Å². The van der Waals surface area contributed by atoms with Crippen molar-refractivity contribution < 1.29 is 32.4 Å². The number of carbonyl (C=O) groups excluding carboxylic acids is 2. The number of nitro groups is 1. The molecule has 2 aromatic carbocycles. The van der Waals surface area contributed by atoms with Gasteiger partial charge in [-0.2, -0.15) is 8.42 Å². The summed E-state index contributed by atoms with van der Waals surface area (Å²) in [5, 5.41) is 10.9. The highest BCUT2D eigenvalue weighted by atomic mass is 32.2. The molecule has 32 heavy (non-hydrogen) atoms. The number of hydrogen-bond acceptors (Lipinski definition) is 8. The lowest BCUT2D eigenvalue weighted by atomic mass is 10.1. The number of nitrogens with zero attached hydrogens (tertiary/aromatic N) is 3. The van der Waals surface area contributed by atoms with Gasteiger partial charge in [0.15, 0.2) is 11.0 Å². The molecule has 0 aliphatic carbocycles. The van der Waals surface area contributed by atoms with E-state index in [0.29, 0.717) is 5.69 Å². The van der Waals surface area contributed by atoms with Gasteiger partial charge in [-0.1, -0.05) is 30.3 Å². The molecule has 0 saturated carbocycles. The second-order valence-electron chi connectivity index (χ2n) is 6.66. The summed E-state index contributed by atoms with van der Waals surface area (Å²) in [6.07, 6.45) is -0.879. The van der Waals surface area contributed by atoms with E-state index in [0.717, 1.165) is 17.6 Å². The molecule has 0 radical (unpaired) electrons. The standard InChI is InChI=1S/C20H19N3O8S/c1-30-19(24)17-18(32(28)29)21(15-7-9-16(10-8-15)23(26)27)11-12-22(17)20(25)31-13-14-5-3-2-4-6-14/h2-10,17H,11-13H2,1H3. The van der Waals surface area contributed by atoms with Gasteiger partial charge in [-0.3, -0.25) is 15.0 Å². The largest absolute Gasteiger partial charge is 0.467 e. The Bertz CT molecular complexity index is 1140. The molecule has 3 rings (SSSR count). The Balaban J connectivity index is 1.90. The normalized spacial score (nSPS) is 15.8. The van der Waals surface area contributed by atoms with Crippen molar-refractivity contribution in [3.05, 3.63) is 70.3 Å². The molecule has 1 atom stereocenters. The van der Waals surface area contributed by atoms with Gasteiger partial charge in [-0.05, 0) is 17.7 Å².